The summed E-state index contributed by atoms with van der Waals surface area (Å²) in [5, 5.41) is 15.7. The lowest BCUT2D eigenvalue weighted by Gasteiger charge is -2.28. The Labute approximate surface area is 204 Å². The van der Waals surface area contributed by atoms with Crippen LogP contribution in [0.4, 0.5) is 5.69 Å². The van der Waals surface area contributed by atoms with Gasteiger partial charge in [0.1, 0.15) is 5.75 Å². The number of non-ortho nitro benzene ring substituents is 1. The first-order chi connectivity index (χ1) is 16.4. The van der Waals surface area contributed by atoms with Gasteiger partial charge in [-0.05, 0) is 62.3 Å². The maximum atomic E-state index is 11.5. The van der Waals surface area contributed by atoms with Crippen LogP contribution in [-0.2, 0) is 0 Å². The molecule has 8 nitrogen and oxygen atoms in total. The van der Waals surface area contributed by atoms with E-state index in [2.05, 4.69) is 28.2 Å². The van der Waals surface area contributed by atoms with Crippen LogP contribution >= 0.6 is 12.2 Å². The third-order valence-electron chi connectivity index (χ3n) is 6.35. The lowest BCUT2D eigenvalue weighted by atomic mass is 9.96. The average molecular weight is 480 g/mol. The lowest BCUT2D eigenvalue weighted by Crippen LogP contribution is -2.30. The molecule has 1 saturated heterocycles. The fraction of sp³-hybridized carbons (Fsp3) is 0.360. The van der Waals surface area contributed by atoms with Gasteiger partial charge in [0.05, 0.1) is 35.5 Å². The van der Waals surface area contributed by atoms with Gasteiger partial charge in [0.25, 0.3) is 5.69 Å². The molecule has 34 heavy (non-hydrogen) atoms. The van der Waals surface area contributed by atoms with Crippen molar-refractivity contribution >= 4 is 23.0 Å². The largest absolute Gasteiger partial charge is 0.495 e. The molecule has 9 heteroatoms. The van der Waals surface area contributed by atoms with Gasteiger partial charge in [-0.3, -0.25) is 15.1 Å². The van der Waals surface area contributed by atoms with Crippen LogP contribution in [0.5, 0.6) is 5.75 Å². The number of thiocarbonyl (C=S) groups is 1. The number of nitro benzene ring substituents is 1. The number of unbranched alkanes of at least 4 members (excludes halogenated alkanes) is 1. The number of ether oxygens (including phenoxy) is 1. The molecule has 0 spiro atoms. The van der Waals surface area contributed by atoms with Crippen molar-refractivity contribution in [3.8, 4) is 11.4 Å². The standard InChI is InChI=1S/C25H29N5O3S/c1-5-6-13-28-24(23(27-25(28)34)20-9-7-8-12-26-20)19-14-16(2)29(17(19)3)21-15-18(30(31)32)10-11-22(21)33-4/h7-12,14-15,23-24H,5-6,13H2,1-4H3,(H,27,34)/t23-,24-/m1/s1. The Balaban J connectivity index is 1.86. The van der Waals surface area contributed by atoms with Gasteiger partial charge >= 0.3 is 0 Å². The molecule has 0 amide bonds. The van der Waals surface area contributed by atoms with Gasteiger partial charge in [-0.15, -0.1) is 0 Å². The quantitative estimate of drug-likeness (QED) is 0.271. The van der Waals surface area contributed by atoms with Gasteiger partial charge in [-0.1, -0.05) is 19.4 Å². The van der Waals surface area contributed by atoms with Crippen molar-refractivity contribution in [3.05, 3.63) is 81.4 Å². The minimum absolute atomic E-state index is 0.0181. The van der Waals surface area contributed by atoms with E-state index in [4.69, 9.17) is 17.0 Å². The normalized spacial score (nSPS) is 17.6. The molecule has 1 aromatic carbocycles. The Morgan fingerprint density at radius 2 is 2.03 bits per heavy atom. The van der Waals surface area contributed by atoms with E-state index in [0.29, 0.717) is 16.5 Å². The van der Waals surface area contributed by atoms with Gasteiger partial charge in [0.15, 0.2) is 5.11 Å². The molecule has 0 radical (unpaired) electrons. The van der Waals surface area contributed by atoms with Crippen molar-refractivity contribution in [2.45, 2.75) is 45.7 Å². The molecular weight excluding hydrogens is 450 g/mol. The number of rotatable bonds is 8. The second-order valence-electron chi connectivity index (χ2n) is 8.45. The number of benzene rings is 1. The smallest absolute Gasteiger partial charge is 0.271 e. The summed E-state index contributed by atoms with van der Waals surface area (Å²) in [4.78, 5) is 17.9. The fourth-order valence-corrected chi connectivity index (χ4v) is 5.07. The van der Waals surface area contributed by atoms with Crippen molar-refractivity contribution in [2.24, 2.45) is 0 Å². The number of aromatic nitrogens is 2. The Hall–Kier alpha value is -3.46. The van der Waals surface area contributed by atoms with E-state index < -0.39 is 0 Å². The van der Waals surface area contributed by atoms with Gasteiger partial charge < -0.3 is 19.5 Å². The first-order valence-corrected chi connectivity index (χ1v) is 11.8. The van der Waals surface area contributed by atoms with Gasteiger partial charge in [0.2, 0.25) is 0 Å². The Bertz CT molecular complexity index is 1210. The van der Waals surface area contributed by atoms with E-state index in [0.717, 1.165) is 42.0 Å². The van der Waals surface area contributed by atoms with E-state index in [1.165, 1.54) is 6.07 Å². The zero-order chi connectivity index (χ0) is 24.4. The minimum Gasteiger partial charge on any atom is -0.495 e. The van der Waals surface area contributed by atoms with Crippen molar-refractivity contribution in [1.82, 2.24) is 19.8 Å². The summed E-state index contributed by atoms with van der Waals surface area (Å²) in [7, 11) is 1.57. The van der Waals surface area contributed by atoms with Crippen LogP contribution in [0, 0.1) is 24.0 Å². The number of hydrogen-bond acceptors (Lipinski definition) is 5. The Morgan fingerprint density at radius 3 is 2.68 bits per heavy atom. The Morgan fingerprint density at radius 1 is 1.24 bits per heavy atom. The topological polar surface area (TPSA) is 85.5 Å². The molecule has 4 rings (SSSR count). The summed E-state index contributed by atoms with van der Waals surface area (Å²) < 4.78 is 7.59. The molecule has 2 aromatic heterocycles. The van der Waals surface area contributed by atoms with Gasteiger partial charge in [-0.2, -0.15) is 0 Å². The fourth-order valence-electron chi connectivity index (χ4n) is 4.74. The molecular formula is C25H29N5O3S. The predicted molar refractivity (Wildman–Crippen MR) is 136 cm³/mol. The van der Waals surface area contributed by atoms with Gasteiger partial charge in [-0.25, -0.2) is 0 Å². The van der Waals surface area contributed by atoms with E-state index >= 15 is 0 Å². The van der Waals surface area contributed by atoms with E-state index in [1.54, 1.807) is 25.4 Å². The van der Waals surface area contributed by atoms with Crippen molar-refractivity contribution < 1.29 is 9.66 Å². The number of nitro groups is 1. The predicted octanol–water partition coefficient (Wildman–Crippen LogP) is 5.18. The number of nitrogens with one attached hydrogen (secondary N) is 1. The van der Waals surface area contributed by atoms with E-state index in [-0.39, 0.29) is 22.7 Å². The summed E-state index contributed by atoms with van der Waals surface area (Å²) in [5.41, 5.74) is 4.62. The second-order valence-corrected chi connectivity index (χ2v) is 8.84. The highest BCUT2D eigenvalue weighted by Gasteiger charge is 2.41. The number of hydrogen-bond donors (Lipinski definition) is 1. The first-order valence-electron chi connectivity index (χ1n) is 11.4. The molecule has 0 unspecified atom stereocenters. The number of nitrogens with zero attached hydrogens (tertiary/aromatic N) is 4. The van der Waals surface area contributed by atoms with Crippen LogP contribution in [0.1, 0.15) is 54.5 Å². The third-order valence-corrected chi connectivity index (χ3v) is 6.71. The zero-order valence-electron chi connectivity index (χ0n) is 19.8. The average Bonchev–Trinajstić information content (AvgIpc) is 3.32. The summed E-state index contributed by atoms with van der Waals surface area (Å²) >= 11 is 5.75. The second kappa shape index (κ2) is 9.80. The number of pyridine rings is 1. The zero-order valence-corrected chi connectivity index (χ0v) is 20.6. The summed E-state index contributed by atoms with van der Waals surface area (Å²) in [6.07, 6.45) is 3.87. The van der Waals surface area contributed by atoms with Crippen LogP contribution in [0.15, 0.2) is 48.7 Å². The summed E-state index contributed by atoms with van der Waals surface area (Å²) in [6.45, 7) is 7.04. The van der Waals surface area contributed by atoms with E-state index in [1.807, 2.05) is 36.6 Å². The van der Waals surface area contributed by atoms with Gasteiger partial charge in [0, 0.05) is 36.3 Å². The molecule has 1 N–H and O–H groups in total. The highest BCUT2D eigenvalue weighted by Crippen LogP contribution is 2.42. The molecule has 2 atom stereocenters. The van der Waals surface area contributed by atoms with Crippen LogP contribution in [-0.4, -0.2) is 38.1 Å². The molecule has 178 valence electrons. The molecule has 0 aliphatic carbocycles. The molecule has 0 bridgehead atoms. The van der Waals surface area contributed by atoms with Crippen molar-refractivity contribution in [1.29, 1.82) is 0 Å². The molecule has 3 aromatic rings. The molecule has 3 heterocycles. The van der Waals surface area contributed by atoms with Crippen LogP contribution < -0.4 is 10.1 Å². The first kappa shape index (κ1) is 23.7. The van der Waals surface area contributed by atoms with Crippen LogP contribution in [0.25, 0.3) is 5.69 Å². The maximum absolute atomic E-state index is 11.5. The summed E-state index contributed by atoms with van der Waals surface area (Å²) in [5.74, 6) is 0.572. The van der Waals surface area contributed by atoms with Crippen LogP contribution in [0.2, 0.25) is 0 Å². The lowest BCUT2D eigenvalue weighted by molar-refractivity contribution is -0.384. The maximum Gasteiger partial charge on any atom is 0.271 e. The summed E-state index contributed by atoms with van der Waals surface area (Å²) in [6, 6.07) is 12.5. The van der Waals surface area contributed by atoms with Crippen molar-refractivity contribution in [3.63, 3.8) is 0 Å². The monoisotopic (exact) mass is 479 g/mol. The molecule has 0 saturated carbocycles. The number of methoxy groups -OCH3 is 1. The highest BCUT2D eigenvalue weighted by atomic mass is 32.1. The van der Waals surface area contributed by atoms with Crippen molar-refractivity contribution in [2.75, 3.05) is 13.7 Å². The van der Waals surface area contributed by atoms with E-state index in [9.17, 15) is 10.1 Å². The number of aryl methyl sites for hydroxylation is 1. The SMILES string of the molecule is CCCCN1C(=S)N[C@H](c2ccccn2)[C@H]1c1cc(C)n(-c2cc([N+](=O)[O-])ccc2OC)c1C. The molecule has 1 aliphatic heterocycles. The Kier molecular flexibility index (Phi) is 6.83. The minimum atomic E-state index is -0.388. The molecule has 1 aliphatic rings. The van der Waals surface area contributed by atoms with Crippen LogP contribution in [0.3, 0.4) is 0 Å². The highest BCUT2D eigenvalue weighted by molar-refractivity contribution is 7.80. The third kappa shape index (κ3) is 4.23. The molecule has 1 fully saturated rings.